The number of benzene rings is 1. The fraction of sp³-hybridized carbons (Fsp3) is 0.182. The number of phenolic OH excluding ortho intramolecular Hbond substituents is 1. The van der Waals surface area contributed by atoms with Crippen molar-refractivity contribution in [2.45, 2.75) is 0 Å². The van der Waals surface area contributed by atoms with Gasteiger partial charge in [0.1, 0.15) is 18.2 Å². The normalized spacial score (nSPS) is 10.5. The minimum Gasteiger partial charge on any atom is -0.507 e. The number of alkyl halides is 1. The van der Waals surface area contributed by atoms with Crippen molar-refractivity contribution in [2.75, 3.05) is 13.8 Å². The van der Waals surface area contributed by atoms with Crippen molar-refractivity contribution in [3.05, 3.63) is 35.9 Å². The molecule has 80 valence electrons. The number of carbonyl (C=O) groups is 1. The monoisotopic (exact) mass is 210 g/mol. The average molecular weight is 210 g/mol. The zero-order valence-corrected chi connectivity index (χ0v) is 8.24. The molecule has 0 saturated heterocycles. The Bertz CT molecular complexity index is 385. The second-order valence-corrected chi connectivity index (χ2v) is 2.80. The quantitative estimate of drug-likeness (QED) is 0.611. The summed E-state index contributed by atoms with van der Waals surface area (Å²) in [6, 6.07) is 4.31. The maximum Gasteiger partial charge on any atom is 0.189 e. The molecular weight excluding hydrogens is 199 g/mol. The summed E-state index contributed by atoms with van der Waals surface area (Å²) >= 11 is 0. The van der Waals surface area contributed by atoms with Crippen LogP contribution in [0.2, 0.25) is 0 Å². The van der Waals surface area contributed by atoms with Crippen LogP contribution < -0.4 is 4.74 Å². The van der Waals surface area contributed by atoms with Gasteiger partial charge in [0.2, 0.25) is 0 Å². The van der Waals surface area contributed by atoms with Crippen molar-refractivity contribution < 1.29 is 19.0 Å². The standard InChI is InChI=1S/C11H11FO3/c1-15-8-4-5-9(11(14)7-8)10(13)3-2-6-12/h2-5,7,14H,6H2,1H3/b3-2+. The molecular formula is C11H11FO3. The highest BCUT2D eigenvalue weighted by atomic mass is 19.1. The van der Waals surface area contributed by atoms with Crippen molar-refractivity contribution in [1.82, 2.24) is 0 Å². The number of ketones is 1. The lowest BCUT2D eigenvalue weighted by molar-refractivity contribution is 0.104. The van der Waals surface area contributed by atoms with Crippen LogP contribution in [-0.4, -0.2) is 24.7 Å². The number of ether oxygens (including phenoxy) is 1. The summed E-state index contributed by atoms with van der Waals surface area (Å²) in [7, 11) is 1.46. The summed E-state index contributed by atoms with van der Waals surface area (Å²) in [5.41, 5.74) is 0.125. The van der Waals surface area contributed by atoms with Gasteiger partial charge in [0.05, 0.1) is 12.7 Å². The zero-order chi connectivity index (χ0) is 11.3. The molecule has 0 unspecified atom stereocenters. The molecule has 3 nitrogen and oxygen atoms in total. The van der Waals surface area contributed by atoms with E-state index in [1.54, 1.807) is 6.07 Å². The van der Waals surface area contributed by atoms with Gasteiger partial charge >= 0.3 is 0 Å². The number of aromatic hydroxyl groups is 1. The molecule has 0 fully saturated rings. The number of phenols is 1. The molecule has 0 atom stereocenters. The van der Waals surface area contributed by atoms with Crippen LogP contribution in [0.3, 0.4) is 0 Å². The molecule has 0 spiro atoms. The van der Waals surface area contributed by atoms with E-state index in [4.69, 9.17) is 4.74 Å². The molecule has 0 heterocycles. The van der Waals surface area contributed by atoms with Gasteiger partial charge in [-0.15, -0.1) is 0 Å². The number of rotatable bonds is 4. The van der Waals surface area contributed by atoms with Gasteiger partial charge in [-0.2, -0.15) is 0 Å². The first-order chi connectivity index (χ1) is 7.19. The predicted octanol–water partition coefficient (Wildman–Crippen LogP) is 2.11. The van der Waals surface area contributed by atoms with E-state index in [2.05, 4.69) is 0 Å². The largest absolute Gasteiger partial charge is 0.507 e. The van der Waals surface area contributed by atoms with Gasteiger partial charge < -0.3 is 9.84 Å². The lowest BCUT2D eigenvalue weighted by Crippen LogP contribution is -1.95. The van der Waals surface area contributed by atoms with Crippen LogP contribution in [0.25, 0.3) is 0 Å². The van der Waals surface area contributed by atoms with Gasteiger partial charge in [-0.1, -0.05) is 0 Å². The summed E-state index contributed by atoms with van der Waals surface area (Å²) in [5.74, 6) is -0.158. The minimum atomic E-state index is -0.706. The molecule has 0 saturated carbocycles. The second-order valence-electron chi connectivity index (χ2n) is 2.80. The highest BCUT2D eigenvalue weighted by Gasteiger charge is 2.08. The van der Waals surface area contributed by atoms with Crippen LogP contribution in [0, 0.1) is 0 Å². The van der Waals surface area contributed by atoms with E-state index in [9.17, 15) is 14.3 Å². The summed E-state index contributed by atoms with van der Waals surface area (Å²) < 4.78 is 16.6. The number of halogens is 1. The average Bonchev–Trinajstić information content (AvgIpc) is 2.25. The summed E-state index contributed by atoms with van der Waals surface area (Å²) in [5, 5.41) is 9.46. The fourth-order valence-electron chi connectivity index (χ4n) is 1.09. The molecule has 1 aromatic carbocycles. The Hall–Kier alpha value is -1.84. The first kappa shape index (κ1) is 11.2. The van der Waals surface area contributed by atoms with Gasteiger partial charge in [0, 0.05) is 6.07 Å². The third-order valence-corrected chi connectivity index (χ3v) is 1.83. The highest BCUT2D eigenvalue weighted by molar-refractivity contribution is 6.06. The van der Waals surface area contributed by atoms with E-state index in [0.717, 1.165) is 12.2 Å². The zero-order valence-electron chi connectivity index (χ0n) is 8.24. The predicted molar refractivity (Wildman–Crippen MR) is 54.1 cm³/mol. The van der Waals surface area contributed by atoms with E-state index in [0.29, 0.717) is 5.75 Å². The molecule has 15 heavy (non-hydrogen) atoms. The Labute approximate surface area is 86.8 Å². The summed E-state index contributed by atoms with van der Waals surface area (Å²) in [6.45, 7) is -0.706. The maximum absolute atomic E-state index is 11.8. The van der Waals surface area contributed by atoms with Crippen LogP contribution in [0.5, 0.6) is 11.5 Å². The van der Waals surface area contributed by atoms with Crippen LogP contribution in [0.15, 0.2) is 30.4 Å². The van der Waals surface area contributed by atoms with Crippen LogP contribution in [0.1, 0.15) is 10.4 Å². The Balaban J connectivity index is 2.95. The Kier molecular flexibility index (Phi) is 3.85. The van der Waals surface area contributed by atoms with E-state index < -0.39 is 12.5 Å². The van der Waals surface area contributed by atoms with Crippen molar-refractivity contribution in [3.8, 4) is 11.5 Å². The minimum absolute atomic E-state index is 0.125. The molecule has 0 aliphatic carbocycles. The summed E-state index contributed by atoms with van der Waals surface area (Å²) in [4.78, 5) is 11.4. The van der Waals surface area contributed by atoms with Crippen molar-refractivity contribution in [1.29, 1.82) is 0 Å². The Morgan fingerprint density at radius 3 is 2.87 bits per heavy atom. The van der Waals surface area contributed by atoms with E-state index in [1.807, 2.05) is 0 Å². The molecule has 0 aliphatic rings. The first-order valence-electron chi connectivity index (χ1n) is 4.33. The van der Waals surface area contributed by atoms with Gasteiger partial charge in [0.25, 0.3) is 0 Å². The van der Waals surface area contributed by atoms with Gasteiger partial charge in [-0.25, -0.2) is 4.39 Å². The van der Waals surface area contributed by atoms with E-state index in [-0.39, 0.29) is 11.3 Å². The maximum atomic E-state index is 11.8. The Morgan fingerprint density at radius 1 is 1.60 bits per heavy atom. The third kappa shape index (κ3) is 2.80. The smallest absolute Gasteiger partial charge is 0.189 e. The fourth-order valence-corrected chi connectivity index (χ4v) is 1.09. The van der Waals surface area contributed by atoms with Crippen LogP contribution in [-0.2, 0) is 0 Å². The van der Waals surface area contributed by atoms with Crippen molar-refractivity contribution >= 4 is 5.78 Å². The number of hydrogen-bond acceptors (Lipinski definition) is 3. The van der Waals surface area contributed by atoms with E-state index >= 15 is 0 Å². The molecule has 1 aromatic rings. The van der Waals surface area contributed by atoms with Crippen LogP contribution >= 0.6 is 0 Å². The molecule has 0 aliphatic heterocycles. The molecule has 4 heteroatoms. The van der Waals surface area contributed by atoms with E-state index in [1.165, 1.54) is 19.2 Å². The molecule has 0 aromatic heterocycles. The lowest BCUT2D eigenvalue weighted by atomic mass is 10.1. The molecule has 0 radical (unpaired) electrons. The first-order valence-corrected chi connectivity index (χ1v) is 4.33. The molecule has 0 bridgehead atoms. The summed E-state index contributed by atoms with van der Waals surface area (Å²) in [6.07, 6.45) is 2.17. The number of methoxy groups -OCH3 is 1. The van der Waals surface area contributed by atoms with Gasteiger partial charge in [0.15, 0.2) is 5.78 Å². The van der Waals surface area contributed by atoms with Gasteiger partial charge in [-0.3, -0.25) is 4.79 Å². The number of allylic oxidation sites excluding steroid dienone is 2. The topological polar surface area (TPSA) is 46.5 Å². The highest BCUT2D eigenvalue weighted by Crippen LogP contribution is 2.23. The van der Waals surface area contributed by atoms with Crippen LogP contribution in [0.4, 0.5) is 4.39 Å². The SMILES string of the molecule is COc1ccc(C(=O)/C=C/CF)c(O)c1. The number of carbonyl (C=O) groups excluding carboxylic acids is 1. The lowest BCUT2D eigenvalue weighted by Gasteiger charge is -2.03. The van der Waals surface area contributed by atoms with Crippen molar-refractivity contribution in [2.24, 2.45) is 0 Å². The van der Waals surface area contributed by atoms with Crippen molar-refractivity contribution in [3.63, 3.8) is 0 Å². The third-order valence-electron chi connectivity index (χ3n) is 1.83. The molecule has 0 amide bonds. The number of hydrogen-bond donors (Lipinski definition) is 1. The molecule has 1 rings (SSSR count). The van der Waals surface area contributed by atoms with Gasteiger partial charge in [-0.05, 0) is 24.3 Å². The molecule has 1 N–H and O–H groups in total. The Morgan fingerprint density at radius 2 is 2.33 bits per heavy atom. The second kappa shape index (κ2) is 5.14.